The van der Waals surface area contributed by atoms with Crippen molar-refractivity contribution in [3.63, 3.8) is 0 Å². The zero-order chi connectivity index (χ0) is 11.5. The maximum atomic E-state index is 6.32. The average Bonchev–Trinajstić information content (AvgIpc) is 2.63. The molecule has 0 aromatic rings. The molecule has 2 nitrogen and oxygen atoms in total. The Kier molecular flexibility index (Phi) is 4.19. The van der Waals surface area contributed by atoms with Gasteiger partial charge in [0, 0.05) is 13.2 Å². The molecule has 1 aliphatic carbocycles. The smallest absolute Gasteiger partial charge is 0.0623 e. The van der Waals surface area contributed by atoms with Gasteiger partial charge in [0.15, 0.2) is 0 Å². The molecule has 90 valence electrons. The molecule has 0 aliphatic heterocycles. The molecule has 1 saturated carbocycles. The van der Waals surface area contributed by atoms with Crippen LogP contribution in [-0.2, 0) is 4.74 Å². The molecule has 0 aromatic carbocycles. The van der Waals surface area contributed by atoms with Crippen molar-refractivity contribution in [1.82, 2.24) is 0 Å². The van der Waals surface area contributed by atoms with Gasteiger partial charge >= 0.3 is 0 Å². The molecule has 1 aliphatic rings. The standard InChI is InChI=1S/C13H27NO/c1-12(2,15-4)10-7-11(14)13(3)8-5-6-9-13/h11H,5-10,14H2,1-4H3. The molecule has 0 amide bonds. The lowest BCUT2D eigenvalue weighted by atomic mass is 9.78. The summed E-state index contributed by atoms with van der Waals surface area (Å²) in [5.41, 5.74) is 6.69. The Labute approximate surface area is 94.6 Å². The molecule has 2 N–H and O–H groups in total. The van der Waals surface area contributed by atoms with E-state index in [0.29, 0.717) is 11.5 Å². The maximum absolute atomic E-state index is 6.32. The van der Waals surface area contributed by atoms with Crippen molar-refractivity contribution in [2.24, 2.45) is 11.1 Å². The summed E-state index contributed by atoms with van der Waals surface area (Å²) in [6, 6.07) is 0.342. The lowest BCUT2D eigenvalue weighted by Crippen LogP contribution is -2.39. The summed E-state index contributed by atoms with van der Waals surface area (Å²) in [4.78, 5) is 0. The minimum Gasteiger partial charge on any atom is -0.379 e. The Morgan fingerprint density at radius 2 is 1.87 bits per heavy atom. The highest BCUT2D eigenvalue weighted by molar-refractivity contribution is 4.90. The first-order valence-corrected chi connectivity index (χ1v) is 6.20. The normalized spacial score (nSPS) is 23.0. The van der Waals surface area contributed by atoms with Gasteiger partial charge < -0.3 is 10.5 Å². The van der Waals surface area contributed by atoms with Crippen molar-refractivity contribution in [1.29, 1.82) is 0 Å². The topological polar surface area (TPSA) is 35.2 Å². The second kappa shape index (κ2) is 4.84. The molecule has 0 radical (unpaired) electrons. The van der Waals surface area contributed by atoms with E-state index in [2.05, 4.69) is 20.8 Å². The lowest BCUT2D eigenvalue weighted by Gasteiger charge is -2.33. The number of methoxy groups -OCH3 is 1. The van der Waals surface area contributed by atoms with Crippen LogP contribution in [0.2, 0.25) is 0 Å². The van der Waals surface area contributed by atoms with Crippen LogP contribution in [0, 0.1) is 5.41 Å². The van der Waals surface area contributed by atoms with Gasteiger partial charge in [0.2, 0.25) is 0 Å². The molecule has 0 saturated heterocycles. The molecule has 0 bridgehead atoms. The van der Waals surface area contributed by atoms with Crippen LogP contribution < -0.4 is 5.73 Å². The van der Waals surface area contributed by atoms with Crippen LogP contribution in [0.1, 0.15) is 59.3 Å². The minimum atomic E-state index is -0.0212. The molecular weight excluding hydrogens is 186 g/mol. The van der Waals surface area contributed by atoms with Crippen LogP contribution >= 0.6 is 0 Å². The van der Waals surface area contributed by atoms with Crippen molar-refractivity contribution < 1.29 is 4.74 Å². The van der Waals surface area contributed by atoms with Gasteiger partial charge in [0.1, 0.15) is 0 Å². The van der Waals surface area contributed by atoms with Crippen molar-refractivity contribution in [2.45, 2.75) is 70.9 Å². The molecule has 0 heterocycles. The van der Waals surface area contributed by atoms with Crippen LogP contribution in [0.3, 0.4) is 0 Å². The second-order valence-electron chi connectivity index (χ2n) is 5.97. The van der Waals surface area contributed by atoms with Crippen molar-refractivity contribution >= 4 is 0 Å². The predicted molar refractivity (Wildman–Crippen MR) is 64.9 cm³/mol. The number of hydrogen-bond donors (Lipinski definition) is 1. The summed E-state index contributed by atoms with van der Waals surface area (Å²) in [6.45, 7) is 6.62. The van der Waals surface area contributed by atoms with Gasteiger partial charge in [0.05, 0.1) is 5.60 Å². The van der Waals surface area contributed by atoms with E-state index in [9.17, 15) is 0 Å². The van der Waals surface area contributed by atoms with E-state index in [-0.39, 0.29) is 5.60 Å². The largest absolute Gasteiger partial charge is 0.379 e. The van der Waals surface area contributed by atoms with Crippen LogP contribution in [0.5, 0.6) is 0 Å². The molecular formula is C13H27NO. The molecule has 0 aromatic heterocycles. The van der Waals surface area contributed by atoms with Gasteiger partial charge in [-0.05, 0) is 44.9 Å². The summed E-state index contributed by atoms with van der Waals surface area (Å²) >= 11 is 0. The van der Waals surface area contributed by atoms with Crippen LogP contribution in [-0.4, -0.2) is 18.8 Å². The lowest BCUT2D eigenvalue weighted by molar-refractivity contribution is 0.00925. The summed E-state index contributed by atoms with van der Waals surface area (Å²) in [5.74, 6) is 0. The van der Waals surface area contributed by atoms with E-state index in [1.807, 2.05) is 0 Å². The fourth-order valence-corrected chi connectivity index (χ4v) is 2.51. The molecule has 1 atom stereocenters. The number of rotatable bonds is 5. The van der Waals surface area contributed by atoms with Gasteiger partial charge in [-0.1, -0.05) is 19.8 Å². The van der Waals surface area contributed by atoms with Crippen LogP contribution in [0.25, 0.3) is 0 Å². The molecule has 1 unspecified atom stereocenters. The summed E-state index contributed by atoms with van der Waals surface area (Å²) in [6.07, 6.45) is 7.47. The third kappa shape index (κ3) is 3.46. The summed E-state index contributed by atoms with van der Waals surface area (Å²) < 4.78 is 5.43. The number of ether oxygens (including phenoxy) is 1. The Balaban J connectivity index is 2.38. The monoisotopic (exact) mass is 213 g/mol. The van der Waals surface area contributed by atoms with Gasteiger partial charge in [-0.3, -0.25) is 0 Å². The Morgan fingerprint density at radius 1 is 1.33 bits per heavy atom. The zero-order valence-electron chi connectivity index (χ0n) is 10.8. The average molecular weight is 213 g/mol. The highest BCUT2D eigenvalue weighted by atomic mass is 16.5. The Hall–Kier alpha value is -0.0800. The highest BCUT2D eigenvalue weighted by Gasteiger charge is 2.35. The molecule has 0 spiro atoms. The van der Waals surface area contributed by atoms with Gasteiger partial charge in [-0.15, -0.1) is 0 Å². The van der Waals surface area contributed by atoms with E-state index in [4.69, 9.17) is 10.5 Å². The van der Waals surface area contributed by atoms with Crippen molar-refractivity contribution in [3.05, 3.63) is 0 Å². The minimum absolute atomic E-state index is 0.0212. The second-order valence-corrected chi connectivity index (χ2v) is 5.97. The first-order valence-electron chi connectivity index (χ1n) is 6.20. The third-order valence-corrected chi connectivity index (χ3v) is 4.25. The molecule has 2 heteroatoms. The van der Waals surface area contributed by atoms with E-state index in [1.165, 1.54) is 25.7 Å². The van der Waals surface area contributed by atoms with Crippen molar-refractivity contribution in [2.75, 3.05) is 7.11 Å². The first kappa shape index (κ1) is 13.0. The predicted octanol–water partition coefficient (Wildman–Crippen LogP) is 3.10. The van der Waals surface area contributed by atoms with Gasteiger partial charge in [0.25, 0.3) is 0 Å². The van der Waals surface area contributed by atoms with E-state index in [0.717, 1.165) is 12.8 Å². The zero-order valence-corrected chi connectivity index (χ0v) is 10.8. The quantitative estimate of drug-likeness (QED) is 0.761. The molecule has 15 heavy (non-hydrogen) atoms. The van der Waals surface area contributed by atoms with E-state index in [1.54, 1.807) is 7.11 Å². The van der Waals surface area contributed by atoms with E-state index >= 15 is 0 Å². The molecule has 1 fully saturated rings. The Morgan fingerprint density at radius 3 is 2.33 bits per heavy atom. The third-order valence-electron chi connectivity index (χ3n) is 4.25. The van der Waals surface area contributed by atoms with Crippen LogP contribution in [0.4, 0.5) is 0 Å². The number of nitrogens with two attached hydrogens (primary N) is 1. The summed E-state index contributed by atoms with van der Waals surface area (Å²) in [7, 11) is 1.78. The van der Waals surface area contributed by atoms with Gasteiger partial charge in [-0.2, -0.15) is 0 Å². The summed E-state index contributed by atoms with van der Waals surface area (Å²) in [5, 5.41) is 0. The first-order chi connectivity index (χ1) is 6.90. The van der Waals surface area contributed by atoms with E-state index < -0.39 is 0 Å². The van der Waals surface area contributed by atoms with Crippen LogP contribution in [0.15, 0.2) is 0 Å². The fraction of sp³-hybridized carbons (Fsp3) is 1.00. The van der Waals surface area contributed by atoms with Gasteiger partial charge in [-0.25, -0.2) is 0 Å². The SMILES string of the molecule is COC(C)(C)CCC(N)C1(C)CCCC1. The maximum Gasteiger partial charge on any atom is 0.0623 e. The molecule has 1 rings (SSSR count). The highest BCUT2D eigenvalue weighted by Crippen LogP contribution is 2.41. The number of hydrogen-bond acceptors (Lipinski definition) is 2. The Bertz CT molecular complexity index is 195. The fourth-order valence-electron chi connectivity index (χ4n) is 2.51. The van der Waals surface area contributed by atoms with Crippen molar-refractivity contribution in [3.8, 4) is 0 Å².